The number of hydrogen-bond donors (Lipinski definition) is 2. The van der Waals surface area contributed by atoms with Crippen molar-refractivity contribution < 1.29 is 14.4 Å². The zero-order chi connectivity index (χ0) is 24.0. The predicted octanol–water partition coefficient (Wildman–Crippen LogP) is 5.20. The minimum absolute atomic E-state index is 0.0280. The van der Waals surface area contributed by atoms with Crippen LogP contribution < -0.4 is 10.6 Å². The van der Waals surface area contributed by atoms with Crippen LogP contribution in [0.4, 0.5) is 5.69 Å². The smallest absolute Gasteiger partial charge is 0.254 e. The van der Waals surface area contributed by atoms with Gasteiger partial charge in [-0.15, -0.1) is 0 Å². The predicted molar refractivity (Wildman–Crippen MR) is 131 cm³/mol. The second-order valence-electron chi connectivity index (χ2n) is 7.56. The van der Waals surface area contributed by atoms with Gasteiger partial charge in [-0.25, -0.2) is 0 Å². The van der Waals surface area contributed by atoms with E-state index in [-0.39, 0.29) is 29.7 Å². The van der Waals surface area contributed by atoms with E-state index in [9.17, 15) is 14.4 Å². The van der Waals surface area contributed by atoms with E-state index in [0.717, 1.165) is 5.56 Å². The van der Waals surface area contributed by atoms with Gasteiger partial charge in [-0.2, -0.15) is 0 Å². The standard InChI is InChI=1S/C25H23Cl2N3O3/c1-30(2)25(33)19-14-17(12-13-21(19)27)28-23(31)15-22(16-8-4-3-5-9-16)29-24(32)18-10-6-7-11-20(18)26/h3-14,22H,15H2,1-2H3,(H,28,31)(H,29,32). The van der Waals surface area contributed by atoms with Crippen molar-refractivity contribution in [3.05, 3.63) is 99.5 Å². The van der Waals surface area contributed by atoms with Crippen LogP contribution in [-0.4, -0.2) is 36.7 Å². The van der Waals surface area contributed by atoms with Crippen molar-refractivity contribution in [2.24, 2.45) is 0 Å². The van der Waals surface area contributed by atoms with E-state index in [1.165, 1.54) is 11.0 Å². The molecule has 0 saturated heterocycles. The van der Waals surface area contributed by atoms with Crippen molar-refractivity contribution in [3.63, 3.8) is 0 Å². The molecule has 0 saturated carbocycles. The molecule has 1 unspecified atom stereocenters. The molecule has 3 rings (SSSR count). The third-order valence-corrected chi connectivity index (χ3v) is 5.56. The number of amides is 3. The minimum atomic E-state index is -0.592. The molecule has 33 heavy (non-hydrogen) atoms. The van der Waals surface area contributed by atoms with Gasteiger partial charge in [0.2, 0.25) is 5.91 Å². The lowest BCUT2D eigenvalue weighted by Gasteiger charge is -2.20. The molecule has 0 spiro atoms. The summed E-state index contributed by atoms with van der Waals surface area (Å²) in [6, 6.07) is 20.0. The Balaban J connectivity index is 1.79. The van der Waals surface area contributed by atoms with Crippen molar-refractivity contribution in [3.8, 4) is 0 Å². The number of halogens is 2. The number of carbonyl (C=O) groups excluding carboxylic acids is 3. The van der Waals surface area contributed by atoms with Gasteiger partial charge in [0.1, 0.15) is 0 Å². The van der Waals surface area contributed by atoms with Gasteiger partial charge in [-0.1, -0.05) is 65.7 Å². The fraction of sp³-hybridized carbons (Fsp3) is 0.160. The minimum Gasteiger partial charge on any atom is -0.345 e. The third-order valence-electron chi connectivity index (χ3n) is 4.90. The Morgan fingerprint density at radius 2 is 1.48 bits per heavy atom. The highest BCUT2D eigenvalue weighted by Crippen LogP contribution is 2.24. The molecular formula is C25H23Cl2N3O3. The number of anilines is 1. The number of hydrogen-bond acceptors (Lipinski definition) is 3. The lowest BCUT2D eigenvalue weighted by atomic mass is 10.0. The Hall–Kier alpha value is -3.35. The van der Waals surface area contributed by atoms with E-state index >= 15 is 0 Å². The summed E-state index contributed by atoms with van der Waals surface area (Å²) in [4.78, 5) is 39.4. The number of benzene rings is 3. The molecule has 0 fully saturated rings. The highest BCUT2D eigenvalue weighted by molar-refractivity contribution is 6.34. The Labute approximate surface area is 202 Å². The maximum absolute atomic E-state index is 12.9. The van der Waals surface area contributed by atoms with Gasteiger partial charge in [-0.05, 0) is 35.9 Å². The van der Waals surface area contributed by atoms with Gasteiger partial charge in [0.05, 0.1) is 33.6 Å². The largest absolute Gasteiger partial charge is 0.345 e. The summed E-state index contributed by atoms with van der Waals surface area (Å²) in [6.07, 6.45) is -0.0280. The Kier molecular flexibility index (Phi) is 8.09. The zero-order valence-electron chi connectivity index (χ0n) is 18.1. The lowest BCUT2D eigenvalue weighted by molar-refractivity contribution is -0.116. The molecule has 1 atom stereocenters. The first-order chi connectivity index (χ1) is 15.8. The fourth-order valence-electron chi connectivity index (χ4n) is 3.22. The van der Waals surface area contributed by atoms with E-state index in [0.29, 0.717) is 21.3 Å². The van der Waals surface area contributed by atoms with Crippen LogP contribution in [0.5, 0.6) is 0 Å². The summed E-state index contributed by atoms with van der Waals surface area (Å²) < 4.78 is 0. The van der Waals surface area contributed by atoms with Gasteiger partial charge in [-0.3, -0.25) is 14.4 Å². The second kappa shape index (κ2) is 11.0. The molecule has 0 bridgehead atoms. The van der Waals surface area contributed by atoms with Gasteiger partial charge < -0.3 is 15.5 Å². The van der Waals surface area contributed by atoms with Gasteiger partial charge in [0.25, 0.3) is 11.8 Å². The van der Waals surface area contributed by atoms with E-state index in [1.54, 1.807) is 50.5 Å². The van der Waals surface area contributed by atoms with Crippen LogP contribution in [0.3, 0.4) is 0 Å². The SMILES string of the molecule is CN(C)C(=O)c1cc(NC(=O)CC(NC(=O)c2ccccc2Cl)c2ccccc2)ccc1Cl. The topological polar surface area (TPSA) is 78.5 Å². The lowest BCUT2D eigenvalue weighted by Crippen LogP contribution is -2.31. The van der Waals surface area contributed by atoms with Crippen LogP contribution in [0.2, 0.25) is 10.0 Å². The molecule has 6 nitrogen and oxygen atoms in total. The molecule has 0 heterocycles. The van der Waals surface area contributed by atoms with Crippen LogP contribution in [-0.2, 0) is 4.79 Å². The summed E-state index contributed by atoms with van der Waals surface area (Å²) in [5.41, 5.74) is 1.81. The zero-order valence-corrected chi connectivity index (χ0v) is 19.7. The maximum Gasteiger partial charge on any atom is 0.254 e. The summed E-state index contributed by atoms with van der Waals surface area (Å²) in [5, 5.41) is 6.29. The first-order valence-electron chi connectivity index (χ1n) is 10.2. The average molecular weight is 484 g/mol. The number of nitrogens with zero attached hydrogens (tertiary/aromatic N) is 1. The van der Waals surface area contributed by atoms with Crippen LogP contribution >= 0.6 is 23.2 Å². The summed E-state index contributed by atoms with van der Waals surface area (Å²) in [7, 11) is 3.24. The second-order valence-corrected chi connectivity index (χ2v) is 8.38. The first kappa shape index (κ1) is 24.3. The molecule has 0 aliphatic rings. The maximum atomic E-state index is 12.9. The Morgan fingerprint density at radius 1 is 0.848 bits per heavy atom. The Morgan fingerprint density at radius 3 is 2.15 bits per heavy atom. The molecule has 0 aliphatic heterocycles. The number of rotatable bonds is 7. The van der Waals surface area contributed by atoms with E-state index < -0.39 is 6.04 Å². The first-order valence-corrected chi connectivity index (χ1v) is 10.9. The monoisotopic (exact) mass is 483 g/mol. The quantitative estimate of drug-likeness (QED) is 0.484. The summed E-state index contributed by atoms with van der Waals surface area (Å²) in [5.74, 6) is -0.994. The highest BCUT2D eigenvalue weighted by atomic mass is 35.5. The normalized spacial score (nSPS) is 11.4. The van der Waals surface area contributed by atoms with Crippen LogP contribution in [0.25, 0.3) is 0 Å². The summed E-state index contributed by atoms with van der Waals surface area (Å²) >= 11 is 12.3. The summed E-state index contributed by atoms with van der Waals surface area (Å²) in [6.45, 7) is 0. The van der Waals surface area contributed by atoms with Crippen molar-refractivity contribution >= 4 is 46.6 Å². The molecule has 8 heteroatoms. The van der Waals surface area contributed by atoms with E-state index in [1.807, 2.05) is 30.3 Å². The molecule has 2 N–H and O–H groups in total. The molecule has 0 aromatic heterocycles. The molecule has 3 aromatic carbocycles. The van der Waals surface area contributed by atoms with E-state index in [2.05, 4.69) is 10.6 Å². The highest BCUT2D eigenvalue weighted by Gasteiger charge is 2.21. The van der Waals surface area contributed by atoms with Gasteiger partial charge in [0.15, 0.2) is 0 Å². The third kappa shape index (κ3) is 6.34. The Bertz CT molecular complexity index is 1170. The number of nitrogens with one attached hydrogen (secondary N) is 2. The van der Waals surface area contributed by atoms with Crippen LogP contribution in [0.15, 0.2) is 72.8 Å². The van der Waals surface area contributed by atoms with Gasteiger partial charge >= 0.3 is 0 Å². The number of carbonyl (C=O) groups is 3. The van der Waals surface area contributed by atoms with Crippen LogP contribution in [0.1, 0.15) is 38.7 Å². The molecule has 0 radical (unpaired) electrons. The molecule has 0 aliphatic carbocycles. The van der Waals surface area contributed by atoms with Crippen molar-refractivity contribution in [2.45, 2.75) is 12.5 Å². The molecule has 3 amide bonds. The molecule has 3 aromatic rings. The molecular weight excluding hydrogens is 461 g/mol. The van der Waals surface area contributed by atoms with Crippen LogP contribution in [0, 0.1) is 0 Å². The van der Waals surface area contributed by atoms with Crippen molar-refractivity contribution in [1.29, 1.82) is 0 Å². The van der Waals surface area contributed by atoms with Gasteiger partial charge in [0, 0.05) is 19.8 Å². The van der Waals surface area contributed by atoms with E-state index in [4.69, 9.17) is 23.2 Å². The molecule has 170 valence electrons. The van der Waals surface area contributed by atoms with Crippen molar-refractivity contribution in [2.75, 3.05) is 19.4 Å². The fourth-order valence-corrected chi connectivity index (χ4v) is 3.64. The average Bonchev–Trinajstić information content (AvgIpc) is 2.80. The van der Waals surface area contributed by atoms with Crippen molar-refractivity contribution in [1.82, 2.24) is 10.2 Å².